The molecule has 2 amide bonds. The second kappa shape index (κ2) is 9.61. The van der Waals surface area contributed by atoms with Gasteiger partial charge in [-0.3, -0.25) is 9.69 Å². The third-order valence-corrected chi connectivity index (χ3v) is 6.22. The maximum atomic E-state index is 15.1. The first-order chi connectivity index (χ1) is 17.0. The Hall–Kier alpha value is -4.15. The zero-order valence-corrected chi connectivity index (χ0v) is 19.2. The van der Waals surface area contributed by atoms with Gasteiger partial charge in [-0.05, 0) is 42.5 Å². The Morgan fingerprint density at radius 1 is 1.14 bits per heavy atom. The molecule has 1 aromatic heterocycles. The van der Waals surface area contributed by atoms with E-state index in [9.17, 15) is 9.59 Å². The molecule has 0 aliphatic carbocycles. The average molecular weight is 481 g/mol. The summed E-state index contributed by atoms with van der Waals surface area (Å²) in [7, 11) is 1.58. The fourth-order valence-corrected chi connectivity index (χ4v) is 4.35. The first-order valence-corrected chi connectivity index (χ1v) is 11.3. The number of cyclic esters (lactones) is 1. The van der Waals surface area contributed by atoms with E-state index in [2.05, 4.69) is 10.3 Å². The summed E-state index contributed by atoms with van der Waals surface area (Å²) < 4.78 is 27.2. The van der Waals surface area contributed by atoms with Gasteiger partial charge < -0.3 is 19.3 Å². The zero-order valence-electron chi connectivity index (χ0n) is 19.2. The van der Waals surface area contributed by atoms with Crippen LogP contribution in [0.2, 0.25) is 0 Å². The van der Waals surface area contributed by atoms with Crippen LogP contribution in [0.25, 0.3) is 0 Å². The van der Waals surface area contributed by atoms with E-state index in [-0.39, 0.29) is 5.91 Å². The minimum atomic E-state index is -0.520. The van der Waals surface area contributed by atoms with Gasteiger partial charge in [-0.15, -0.1) is 5.10 Å². The summed E-state index contributed by atoms with van der Waals surface area (Å²) in [4.78, 5) is 30.2. The predicted molar refractivity (Wildman–Crippen MR) is 125 cm³/mol. The number of piperazine rings is 1. The molecule has 0 saturated carbocycles. The number of benzene rings is 2. The van der Waals surface area contributed by atoms with Gasteiger partial charge >= 0.3 is 6.09 Å². The third-order valence-electron chi connectivity index (χ3n) is 6.22. The van der Waals surface area contributed by atoms with E-state index in [1.165, 1.54) is 11.0 Å². The number of ether oxygens (including phenoxy) is 2. The van der Waals surface area contributed by atoms with E-state index in [0.29, 0.717) is 62.0 Å². The van der Waals surface area contributed by atoms with Crippen LogP contribution in [0.4, 0.5) is 20.6 Å². The maximum Gasteiger partial charge on any atom is 0.414 e. The monoisotopic (exact) mass is 480 g/mol. The van der Waals surface area contributed by atoms with Crippen LogP contribution < -0.4 is 14.5 Å². The Kier molecular flexibility index (Phi) is 6.21. The minimum absolute atomic E-state index is 0.0592. The molecule has 3 heterocycles. The molecular weight excluding hydrogens is 455 g/mol. The van der Waals surface area contributed by atoms with Gasteiger partial charge in [0.15, 0.2) is 0 Å². The number of carbonyl (C=O) groups is 2. The van der Waals surface area contributed by atoms with Crippen LogP contribution in [-0.2, 0) is 11.3 Å². The van der Waals surface area contributed by atoms with Gasteiger partial charge in [-0.25, -0.2) is 13.9 Å². The molecule has 2 aliphatic rings. The quantitative estimate of drug-likeness (QED) is 0.535. The Morgan fingerprint density at radius 2 is 1.91 bits per heavy atom. The normalized spacial score (nSPS) is 18.1. The van der Waals surface area contributed by atoms with Crippen molar-refractivity contribution in [3.05, 3.63) is 66.2 Å². The highest BCUT2D eigenvalue weighted by molar-refractivity contribution is 5.94. The number of carbonyl (C=O) groups excluding carboxylic acids is 2. The van der Waals surface area contributed by atoms with Crippen molar-refractivity contribution >= 4 is 23.4 Å². The molecule has 0 spiro atoms. The molecular formula is C24H25FN6O4. The molecule has 11 heteroatoms. The lowest BCUT2D eigenvalue weighted by Crippen LogP contribution is -2.49. The molecule has 2 aliphatic heterocycles. The van der Waals surface area contributed by atoms with Crippen LogP contribution in [-0.4, -0.2) is 77.8 Å². The van der Waals surface area contributed by atoms with Crippen molar-refractivity contribution in [2.24, 2.45) is 0 Å². The van der Waals surface area contributed by atoms with Gasteiger partial charge in [0.2, 0.25) is 0 Å². The highest BCUT2D eigenvalue weighted by Crippen LogP contribution is 2.29. The molecule has 3 aromatic rings. The lowest BCUT2D eigenvalue weighted by molar-refractivity contribution is 0.0746. The van der Waals surface area contributed by atoms with Gasteiger partial charge in [0, 0.05) is 37.9 Å². The lowest BCUT2D eigenvalue weighted by Gasteiger charge is -2.36. The number of hydrogen-bond donors (Lipinski definition) is 0. The summed E-state index contributed by atoms with van der Waals surface area (Å²) in [6, 6.07) is 11.7. The molecule has 1 atom stereocenters. The molecule has 0 bridgehead atoms. The lowest BCUT2D eigenvalue weighted by atomic mass is 10.1. The van der Waals surface area contributed by atoms with Crippen LogP contribution in [0.15, 0.2) is 54.9 Å². The van der Waals surface area contributed by atoms with Crippen molar-refractivity contribution < 1.29 is 23.5 Å². The number of anilines is 2. The van der Waals surface area contributed by atoms with Crippen molar-refractivity contribution in [1.82, 2.24) is 19.9 Å². The predicted octanol–water partition coefficient (Wildman–Crippen LogP) is 2.41. The van der Waals surface area contributed by atoms with Crippen LogP contribution in [0.3, 0.4) is 0 Å². The number of methoxy groups -OCH3 is 1. The molecule has 182 valence electrons. The highest BCUT2D eigenvalue weighted by Gasteiger charge is 2.33. The summed E-state index contributed by atoms with van der Waals surface area (Å²) in [6.07, 6.45) is 2.32. The van der Waals surface area contributed by atoms with Crippen LogP contribution in [0, 0.1) is 5.82 Å². The Balaban J connectivity index is 1.20. The maximum absolute atomic E-state index is 15.1. The molecule has 35 heavy (non-hydrogen) atoms. The first-order valence-electron chi connectivity index (χ1n) is 11.3. The van der Waals surface area contributed by atoms with Crippen molar-refractivity contribution in [3.8, 4) is 5.75 Å². The van der Waals surface area contributed by atoms with Gasteiger partial charge in [0.1, 0.15) is 17.7 Å². The molecule has 2 saturated heterocycles. The van der Waals surface area contributed by atoms with Crippen LogP contribution in [0.5, 0.6) is 5.75 Å². The van der Waals surface area contributed by atoms with Gasteiger partial charge in [0.25, 0.3) is 5.91 Å². The summed E-state index contributed by atoms with van der Waals surface area (Å²) in [5.74, 6) is 0.208. The highest BCUT2D eigenvalue weighted by atomic mass is 19.1. The standard InChI is InChI=1S/C24H25FN6O4/c1-34-19-5-2-17(3-6-19)23(32)29-12-10-28(11-13-29)22-7-4-18(14-21(22)25)31-16-20(35-24(31)33)15-30-9-8-26-27-30/h2-9,14,20H,10-13,15-16H2,1H3/t20-/m0/s1. The number of nitrogens with zero attached hydrogens (tertiary/aromatic N) is 6. The van der Waals surface area contributed by atoms with Crippen molar-refractivity contribution in [3.63, 3.8) is 0 Å². The second-order valence-electron chi connectivity index (χ2n) is 8.38. The first kappa shape index (κ1) is 22.6. The Morgan fingerprint density at radius 3 is 2.57 bits per heavy atom. The van der Waals surface area contributed by atoms with Crippen molar-refractivity contribution in [2.45, 2.75) is 12.6 Å². The number of aromatic nitrogens is 3. The van der Waals surface area contributed by atoms with Crippen LogP contribution >= 0.6 is 0 Å². The minimum Gasteiger partial charge on any atom is -0.497 e. The number of rotatable bonds is 6. The largest absolute Gasteiger partial charge is 0.497 e. The fourth-order valence-electron chi connectivity index (χ4n) is 4.35. The fraction of sp³-hybridized carbons (Fsp3) is 0.333. The number of halogens is 1. The van der Waals surface area contributed by atoms with Crippen LogP contribution in [0.1, 0.15) is 10.4 Å². The Labute approximate surface area is 201 Å². The molecule has 10 nitrogen and oxygen atoms in total. The number of amides is 2. The van der Waals surface area contributed by atoms with E-state index >= 15 is 4.39 Å². The van der Waals surface area contributed by atoms with E-state index in [1.807, 2.05) is 4.90 Å². The van der Waals surface area contributed by atoms with E-state index in [0.717, 1.165) is 0 Å². The topological polar surface area (TPSA) is 93.0 Å². The van der Waals surface area contributed by atoms with E-state index in [4.69, 9.17) is 9.47 Å². The molecule has 0 unspecified atom stereocenters. The average Bonchev–Trinajstić information content (AvgIpc) is 3.53. The van der Waals surface area contributed by atoms with Gasteiger partial charge in [-0.1, -0.05) is 5.21 Å². The smallest absolute Gasteiger partial charge is 0.414 e. The zero-order chi connectivity index (χ0) is 24.4. The van der Waals surface area contributed by atoms with E-state index in [1.54, 1.807) is 65.5 Å². The second-order valence-corrected chi connectivity index (χ2v) is 8.38. The van der Waals surface area contributed by atoms with Crippen molar-refractivity contribution in [2.75, 3.05) is 49.6 Å². The van der Waals surface area contributed by atoms with E-state index < -0.39 is 18.0 Å². The van der Waals surface area contributed by atoms with Crippen molar-refractivity contribution in [1.29, 1.82) is 0 Å². The molecule has 0 N–H and O–H groups in total. The summed E-state index contributed by atoms with van der Waals surface area (Å²) >= 11 is 0. The molecule has 2 aromatic carbocycles. The molecule has 0 radical (unpaired) electrons. The molecule has 2 fully saturated rings. The summed E-state index contributed by atoms with van der Waals surface area (Å²) in [5.41, 5.74) is 1.47. The number of hydrogen-bond acceptors (Lipinski definition) is 7. The summed E-state index contributed by atoms with van der Waals surface area (Å²) in [5, 5.41) is 7.62. The SMILES string of the molecule is COc1ccc(C(=O)N2CCN(c3ccc(N4C[C@H](Cn5ccnn5)OC4=O)cc3F)CC2)cc1. The Bertz CT molecular complexity index is 1200. The van der Waals surface area contributed by atoms with Gasteiger partial charge in [0.05, 0.1) is 37.8 Å². The summed E-state index contributed by atoms with van der Waals surface area (Å²) in [6.45, 7) is 2.64. The van der Waals surface area contributed by atoms with Gasteiger partial charge in [-0.2, -0.15) is 0 Å². The third kappa shape index (κ3) is 4.75. The molecule has 5 rings (SSSR count).